The van der Waals surface area contributed by atoms with Crippen molar-refractivity contribution in [2.45, 2.75) is 12.5 Å². The lowest BCUT2D eigenvalue weighted by atomic mass is 10.2. The number of nitrogens with two attached hydrogens (primary N) is 1. The number of rotatable bonds is 3. The van der Waals surface area contributed by atoms with E-state index >= 15 is 0 Å². The standard InChI is InChI=1S/C9H13BrN6O/c1-16-3-2-6(8(16)17)13-7-5(10)4-12-9(14-7)15-11/h4,6H,2-3,11H2,1H3,(H2,12,13,14,15). The average molecular weight is 301 g/mol. The fourth-order valence-electron chi connectivity index (χ4n) is 1.66. The molecule has 1 saturated heterocycles. The fourth-order valence-corrected chi connectivity index (χ4v) is 1.96. The van der Waals surface area contributed by atoms with E-state index in [0.717, 1.165) is 13.0 Å². The van der Waals surface area contributed by atoms with E-state index in [1.807, 2.05) is 0 Å². The molecule has 2 heterocycles. The molecule has 0 bridgehead atoms. The Labute approximate surface area is 107 Å². The Kier molecular flexibility index (Phi) is 3.43. The molecule has 4 N–H and O–H groups in total. The number of likely N-dealkylation sites (tertiary alicyclic amines) is 1. The van der Waals surface area contributed by atoms with Crippen molar-refractivity contribution < 1.29 is 4.79 Å². The molecule has 8 heteroatoms. The number of nitrogen functional groups attached to an aromatic ring is 1. The first-order valence-corrected chi connectivity index (χ1v) is 5.92. The minimum atomic E-state index is -0.239. The highest BCUT2D eigenvalue weighted by molar-refractivity contribution is 9.10. The van der Waals surface area contributed by atoms with Gasteiger partial charge in [0.05, 0.1) is 4.47 Å². The first kappa shape index (κ1) is 12.1. The molecular formula is C9H13BrN6O. The van der Waals surface area contributed by atoms with Gasteiger partial charge in [0, 0.05) is 19.8 Å². The smallest absolute Gasteiger partial charge is 0.244 e. The Bertz CT molecular complexity index is 439. The SMILES string of the molecule is CN1CCC(Nc2nc(NN)ncc2Br)C1=O. The van der Waals surface area contributed by atoms with Crippen molar-refractivity contribution in [3.63, 3.8) is 0 Å². The first-order chi connectivity index (χ1) is 8.11. The summed E-state index contributed by atoms with van der Waals surface area (Å²) in [5.74, 6) is 6.16. The maximum atomic E-state index is 11.7. The minimum Gasteiger partial charge on any atom is -0.357 e. The van der Waals surface area contributed by atoms with Gasteiger partial charge in [0.1, 0.15) is 11.9 Å². The van der Waals surface area contributed by atoms with Gasteiger partial charge in [0.25, 0.3) is 0 Å². The van der Waals surface area contributed by atoms with Crippen LogP contribution in [0.2, 0.25) is 0 Å². The van der Waals surface area contributed by atoms with Crippen LogP contribution >= 0.6 is 15.9 Å². The second-order valence-electron chi connectivity index (χ2n) is 3.78. The monoisotopic (exact) mass is 300 g/mol. The molecule has 2 rings (SSSR count). The van der Waals surface area contributed by atoms with Crippen LogP contribution in [0, 0.1) is 0 Å². The van der Waals surface area contributed by atoms with Crippen LogP contribution in [0.5, 0.6) is 0 Å². The third-order valence-corrected chi connectivity index (χ3v) is 3.19. The second-order valence-corrected chi connectivity index (χ2v) is 4.63. The second kappa shape index (κ2) is 4.84. The number of halogens is 1. The van der Waals surface area contributed by atoms with Crippen molar-refractivity contribution in [3.05, 3.63) is 10.7 Å². The summed E-state index contributed by atoms with van der Waals surface area (Å²) in [5, 5.41) is 3.08. The van der Waals surface area contributed by atoms with Gasteiger partial charge in [-0.1, -0.05) is 0 Å². The van der Waals surface area contributed by atoms with E-state index < -0.39 is 0 Å². The zero-order chi connectivity index (χ0) is 12.4. The van der Waals surface area contributed by atoms with Gasteiger partial charge in [0.2, 0.25) is 11.9 Å². The summed E-state index contributed by atoms with van der Waals surface area (Å²) in [6, 6.07) is -0.239. The number of nitrogens with one attached hydrogen (secondary N) is 2. The summed E-state index contributed by atoms with van der Waals surface area (Å²) in [7, 11) is 1.78. The minimum absolute atomic E-state index is 0.0674. The van der Waals surface area contributed by atoms with Crippen molar-refractivity contribution in [3.8, 4) is 0 Å². The third-order valence-electron chi connectivity index (χ3n) is 2.61. The van der Waals surface area contributed by atoms with Crippen LogP contribution in [0.3, 0.4) is 0 Å². The van der Waals surface area contributed by atoms with Gasteiger partial charge in [0.15, 0.2) is 0 Å². The lowest BCUT2D eigenvalue weighted by molar-refractivity contribution is -0.127. The lowest BCUT2D eigenvalue weighted by Gasteiger charge is -2.14. The van der Waals surface area contributed by atoms with Crippen molar-refractivity contribution in [1.82, 2.24) is 14.9 Å². The number of hydrazine groups is 1. The van der Waals surface area contributed by atoms with E-state index in [4.69, 9.17) is 5.84 Å². The van der Waals surface area contributed by atoms with E-state index in [0.29, 0.717) is 16.2 Å². The van der Waals surface area contributed by atoms with Crippen molar-refractivity contribution in [2.24, 2.45) is 5.84 Å². The van der Waals surface area contributed by atoms with Crippen LogP contribution in [0.1, 0.15) is 6.42 Å². The summed E-state index contributed by atoms with van der Waals surface area (Å²) in [5.41, 5.74) is 2.36. The van der Waals surface area contributed by atoms with Gasteiger partial charge < -0.3 is 10.2 Å². The highest BCUT2D eigenvalue weighted by atomic mass is 79.9. The number of hydrogen-bond acceptors (Lipinski definition) is 6. The number of carbonyl (C=O) groups is 1. The summed E-state index contributed by atoms with van der Waals surface area (Å²) in [6.07, 6.45) is 2.34. The van der Waals surface area contributed by atoms with Crippen molar-refractivity contribution in [1.29, 1.82) is 0 Å². The first-order valence-electron chi connectivity index (χ1n) is 5.12. The highest BCUT2D eigenvalue weighted by Crippen LogP contribution is 2.23. The maximum absolute atomic E-state index is 11.7. The van der Waals surface area contributed by atoms with Gasteiger partial charge in [-0.3, -0.25) is 10.2 Å². The van der Waals surface area contributed by atoms with Crippen molar-refractivity contribution in [2.75, 3.05) is 24.3 Å². The molecule has 92 valence electrons. The molecular weight excluding hydrogens is 288 g/mol. The summed E-state index contributed by atoms with van der Waals surface area (Å²) >= 11 is 3.32. The zero-order valence-corrected chi connectivity index (χ0v) is 10.9. The fraction of sp³-hybridized carbons (Fsp3) is 0.444. The average Bonchev–Trinajstić information content (AvgIpc) is 2.64. The maximum Gasteiger partial charge on any atom is 0.244 e. The Morgan fingerprint density at radius 3 is 3.00 bits per heavy atom. The molecule has 1 aliphatic rings. The predicted molar refractivity (Wildman–Crippen MR) is 67.2 cm³/mol. The van der Waals surface area contributed by atoms with E-state index in [-0.39, 0.29) is 11.9 Å². The van der Waals surface area contributed by atoms with Gasteiger partial charge >= 0.3 is 0 Å². The quantitative estimate of drug-likeness (QED) is 0.544. The summed E-state index contributed by atoms with van der Waals surface area (Å²) in [4.78, 5) is 21.5. The lowest BCUT2D eigenvalue weighted by Crippen LogP contribution is -2.31. The molecule has 1 aromatic heterocycles. The van der Waals surface area contributed by atoms with Crippen LogP contribution < -0.4 is 16.6 Å². The Morgan fingerprint density at radius 1 is 1.65 bits per heavy atom. The summed E-state index contributed by atoms with van der Waals surface area (Å²) in [6.45, 7) is 0.751. The molecule has 1 unspecified atom stereocenters. The van der Waals surface area contributed by atoms with Gasteiger partial charge in [-0.05, 0) is 22.4 Å². The molecule has 1 aliphatic heterocycles. The number of carbonyl (C=O) groups excluding carboxylic acids is 1. The molecule has 17 heavy (non-hydrogen) atoms. The largest absolute Gasteiger partial charge is 0.357 e. The van der Waals surface area contributed by atoms with E-state index in [9.17, 15) is 4.79 Å². The molecule has 1 aromatic rings. The van der Waals surface area contributed by atoms with E-state index in [1.54, 1.807) is 18.1 Å². The molecule has 0 saturated carbocycles. The molecule has 1 atom stereocenters. The number of anilines is 2. The van der Waals surface area contributed by atoms with Crippen LogP contribution in [0.4, 0.5) is 11.8 Å². The normalized spacial score (nSPS) is 19.6. The number of nitrogens with zero attached hydrogens (tertiary/aromatic N) is 3. The van der Waals surface area contributed by atoms with Crippen LogP contribution in [-0.2, 0) is 4.79 Å². The Hall–Kier alpha value is -1.41. The molecule has 0 radical (unpaired) electrons. The number of aromatic nitrogens is 2. The topological polar surface area (TPSA) is 96.2 Å². The number of hydrogen-bond donors (Lipinski definition) is 3. The van der Waals surface area contributed by atoms with E-state index in [1.165, 1.54) is 0 Å². The molecule has 0 aromatic carbocycles. The molecule has 0 aliphatic carbocycles. The van der Waals surface area contributed by atoms with Gasteiger partial charge in [-0.15, -0.1) is 0 Å². The third kappa shape index (κ3) is 2.47. The van der Waals surface area contributed by atoms with Crippen molar-refractivity contribution >= 4 is 33.6 Å². The van der Waals surface area contributed by atoms with E-state index in [2.05, 4.69) is 36.6 Å². The predicted octanol–water partition coefficient (Wildman–Crippen LogP) is 0.167. The molecule has 0 spiro atoms. The molecule has 7 nitrogen and oxygen atoms in total. The van der Waals surface area contributed by atoms with Gasteiger partial charge in [-0.25, -0.2) is 10.8 Å². The Balaban J connectivity index is 2.15. The number of likely N-dealkylation sites (N-methyl/N-ethyl adjacent to an activating group) is 1. The van der Waals surface area contributed by atoms with Crippen LogP contribution in [0.15, 0.2) is 10.7 Å². The van der Waals surface area contributed by atoms with Crippen LogP contribution in [-0.4, -0.2) is 40.4 Å². The highest BCUT2D eigenvalue weighted by Gasteiger charge is 2.29. The molecule has 1 amide bonds. The van der Waals surface area contributed by atoms with Gasteiger partial charge in [-0.2, -0.15) is 4.98 Å². The number of amides is 1. The summed E-state index contributed by atoms with van der Waals surface area (Å²) < 4.78 is 0.693. The zero-order valence-electron chi connectivity index (χ0n) is 9.27. The molecule has 1 fully saturated rings. The Morgan fingerprint density at radius 2 is 2.41 bits per heavy atom. The van der Waals surface area contributed by atoms with Crippen LogP contribution in [0.25, 0.3) is 0 Å².